The van der Waals surface area contributed by atoms with Gasteiger partial charge in [-0.05, 0) is 0 Å². The Morgan fingerprint density at radius 3 is 1.40 bits per heavy atom. The van der Waals surface area contributed by atoms with Crippen molar-refractivity contribution in [2.45, 2.75) is 0 Å². The molecule has 0 unspecified atom stereocenters. The van der Waals surface area contributed by atoms with Gasteiger partial charge in [0.25, 0.3) is 0 Å². The van der Waals surface area contributed by atoms with E-state index >= 15 is 0 Å². The molecule has 0 heterocycles. The first kappa shape index (κ1) is 9.49. The number of rotatable bonds is 0. The summed E-state index contributed by atoms with van der Waals surface area (Å²) in [5, 5.41) is 0. The van der Waals surface area contributed by atoms with Crippen LogP contribution < -0.4 is 0 Å². The molecule has 3 heteroatoms. The maximum absolute atomic E-state index is 2.11. The molecule has 0 amide bonds. The van der Waals surface area contributed by atoms with E-state index in [1.54, 1.807) is 0 Å². The summed E-state index contributed by atoms with van der Waals surface area (Å²) in [6, 6.07) is 0. The molecule has 1 nitrogen and oxygen atoms in total. The van der Waals surface area contributed by atoms with Gasteiger partial charge in [-0.1, -0.05) is 0 Å². The Hall–Kier alpha value is 1.18. The van der Waals surface area contributed by atoms with E-state index in [-0.39, 0.29) is 17.0 Å². The normalized spacial score (nSPS) is 7.00. The van der Waals surface area contributed by atoms with Crippen molar-refractivity contribution in [1.82, 2.24) is 3.30 Å². The molecule has 0 radical (unpaired) electrons. The van der Waals surface area contributed by atoms with Gasteiger partial charge in [0, 0.05) is 0 Å². The zero-order chi connectivity index (χ0) is 3.58. The summed E-state index contributed by atoms with van der Waals surface area (Å²) in [7, 11) is 4.10. The molecule has 0 aromatic rings. The second kappa shape index (κ2) is 5.18. The van der Waals surface area contributed by atoms with Gasteiger partial charge >= 0.3 is 38.7 Å². The second-order valence-electron chi connectivity index (χ2n) is 0.847. The number of hydrogen-bond donors (Lipinski definition) is 0. The van der Waals surface area contributed by atoms with Gasteiger partial charge in [0.15, 0.2) is 0 Å². The minimum atomic E-state index is 0. The SMILES string of the molecule is Br.C[N](C)[Ta]. The van der Waals surface area contributed by atoms with E-state index in [0.29, 0.717) is 0 Å². The molecule has 0 aromatic carbocycles. The topological polar surface area (TPSA) is 3.24 Å². The van der Waals surface area contributed by atoms with Crippen molar-refractivity contribution < 1.29 is 21.3 Å². The van der Waals surface area contributed by atoms with Crippen molar-refractivity contribution in [3.63, 3.8) is 0 Å². The van der Waals surface area contributed by atoms with Gasteiger partial charge < -0.3 is 0 Å². The van der Waals surface area contributed by atoms with Gasteiger partial charge in [0.2, 0.25) is 0 Å². The quantitative estimate of drug-likeness (QED) is 0.633. The van der Waals surface area contributed by atoms with Crippen molar-refractivity contribution in [2.75, 3.05) is 14.1 Å². The average Bonchev–Trinajstić information content (AvgIpc) is 0.811. The third kappa shape index (κ3) is 37.6. The molecule has 0 N–H and O–H groups in total. The van der Waals surface area contributed by atoms with Gasteiger partial charge in [-0.25, -0.2) is 0 Å². The third-order valence-electron chi connectivity index (χ3n) is 0. The molecule has 0 aliphatic heterocycles. The molecule has 0 saturated heterocycles. The summed E-state index contributed by atoms with van der Waals surface area (Å²) in [4.78, 5) is 0. The molecular formula is C2H7BrNTa. The van der Waals surface area contributed by atoms with Crippen LogP contribution >= 0.6 is 17.0 Å². The van der Waals surface area contributed by atoms with E-state index in [1.807, 2.05) is 14.1 Å². The van der Waals surface area contributed by atoms with Crippen LogP contribution in [-0.2, 0) is 21.3 Å². The van der Waals surface area contributed by atoms with Crippen LogP contribution in [0.4, 0.5) is 0 Å². The Morgan fingerprint density at radius 1 is 1.40 bits per heavy atom. The van der Waals surface area contributed by atoms with Crippen molar-refractivity contribution in [1.29, 1.82) is 0 Å². The van der Waals surface area contributed by atoms with Crippen LogP contribution in [0.5, 0.6) is 0 Å². The molecule has 0 bridgehead atoms. The fourth-order valence-electron chi connectivity index (χ4n) is 0. The summed E-state index contributed by atoms with van der Waals surface area (Å²) in [6.45, 7) is 0. The molecule has 0 rings (SSSR count). The van der Waals surface area contributed by atoms with Crippen molar-refractivity contribution >= 4 is 17.0 Å². The first-order chi connectivity index (χ1) is 1.73. The molecule has 0 saturated carbocycles. The minimum absolute atomic E-state index is 0. The second-order valence-corrected chi connectivity index (χ2v) is 3.72. The van der Waals surface area contributed by atoms with Gasteiger partial charge in [-0.15, -0.1) is 17.0 Å². The molecule has 0 fully saturated rings. The van der Waals surface area contributed by atoms with E-state index in [1.165, 1.54) is 21.3 Å². The van der Waals surface area contributed by atoms with Crippen molar-refractivity contribution in [3.05, 3.63) is 0 Å². The zero-order valence-corrected chi connectivity index (χ0v) is 8.23. The van der Waals surface area contributed by atoms with E-state index in [0.717, 1.165) is 0 Å². The molecule has 32 valence electrons. The van der Waals surface area contributed by atoms with E-state index in [2.05, 4.69) is 3.30 Å². The summed E-state index contributed by atoms with van der Waals surface area (Å²) in [5.74, 6) is 0. The zero-order valence-electron chi connectivity index (χ0n) is 3.30. The van der Waals surface area contributed by atoms with Crippen LogP contribution in [0, 0.1) is 0 Å². The molecule has 0 aromatic heterocycles. The van der Waals surface area contributed by atoms with Crippen molar-refractivity contribution in [3.8, 4) is 0 Å². The molecule has 0 aliphatic rings. The Balaban J connectivity index is 0. The van der Waals surface area contributed by atoms with Crippen LogP contribution in [0.15, 0.2) is 0 Å². The van der Waals surface area contributed by atoms with Crippen LogP contribution in [0.25, 0.3) is 0 Å². The Morgan fingerprint density at radius 2 is 1.40 bits per heavy atom. The van der Waals surface area contributed by atoms with Crippen molar-refractivity contribution in [2.24, 2.45) is 0 Å². The van der Waals surface area contributed by atoms with Crippen LogP contribution in [0.3, 0.4) is 0 Å². The van der Waals surface area contributed by atoms with Crippen LogP contribution in [-0.4, -0.2) is 17.4 Å². The Kier molecular flexibility index (Phi) is 9.83. The van der Waals surface area contributed by atoms with E-state index < -0.39 is 0 Å². The molecular weight excluding hydrogens is 299 g/mol. The average molecular weight is 306 g/mol. The Bertz CT molecular complexity index is 14.4. The predicted octanol–water partition coefficient (Wildman–Crippen LogP) is 0.588. The molecule has 5 heavy (non-hydrogen) atoms. The number of nitrogens with zero attached hydrogens (tertiary/aromatic N) is 1. The number of hydrogen-bond acceptors (Lipinski definition) is 1. The number of halogens is 1. The Labute approximate surface area is 55.7 Å². The monoisotopic (exact) mass is 305 g/mol. The predicted molar refractivity (Wildman–Crippen MR) is 24.0 cm³/mol. The van der Waals surface area contributed by atoms with Gasteiger partial charge in [-0.2, -0.15) is 0 Å². The maximum atomic E-state index is 2.11. The standard InChI is InChI=1S/C2H6N.BrH.Ta/c1-3-2;;/h1-2H3;1H;/q-1;;+1. The van der Waals surface area contributed by atoms with Gasteiger partial charge in [-0.3, -0.25) is 0 Å². The molecule has 0 spiro atoms. The van der Waals surface area contributed by atoms with Crippen LogP contribution in [0.2, 0.25) is 0 Å². The fourth-order valence-corrected chi connectivity index (χ4v) is 0. The fraction of sp³-hybridized carbons (Fsp3) is 1.00. The van der Waals surface area contributed by atoms with Gasteiger partial charge in [0.05, 0.1) is 0 Å². The summed E-state index contributed by atoms with van der Waals surface area (Å²) < 4.78 is 2.11. The third-order valence-corrected chi connectivity index (χ3v) is 0. The molecule has 0 atom stereocenters. The van der Waals surface area contributed by atoms with E-state index in [4.69, 9.17) is 0 Å². The van der Waals surface area contributed by atoms with Gasteiger partial charge in [0.1, 0.15) is 0 Å². The summed E-state index contributed by atoms with van der Waals surface area (Å²) in [6.07, 6.45) is 0. The summed E-state index contributed by atoms with van der Waals surface area (Å²) >= 11 is 1.35. The first-order valence-corrected chi connectivity index (χ1v) is 2.53. The van der Waals surface area contributed by atoms with E-state index in [9.17, 15) is 0 Å². The molecule has 0 aliphatic carbocycles. The van der Waals surface area contributed by atoms with Crippen LogP contribution in [0.1, 0.15) is 0 Å². The first-order valence-electron chi connectivity index (χ1n) is 1.09. The summed E-state index contributed by atoms with van der Waals surface area (Å²) in [5.41, 5.74) is 0.